The Kier molecular flexibility index (Phi) is 2.72. The third-order valence-electron chi connectivity index (χ3n) is 0.820. The number of aliphatic carboxylic acids is 1. The summed E-state index contributed by atoms with van der Waals surface area (Å²) in [5.41, 5.74) is 5.32. The summed E-state index contributed by atoms with van der Waals surface area (Å²) >= 11 is 2.53. The molecule has 3 N–H and O–H groups in total. The molecule has 1 heterocycles. The van der Waals surface area contributed by atoms with Gasteiger partial charge in [-0.1, -0.05) is 11.8 Å². The number of carbonyl (C=O) groups is 1. The van der Waals surface area contributed by atoms with Crippen molar-refractivity contribution in [2.45, 2.75) is 4.34 Å². The summed E-state index contributed by atoms with van der Waals surface area (Å²) in [4.78, 5) is 14.0. The van der Waals surface area contributed by atoms with Crippen molar-refractivity contribution in [2.75, 3.05) is 11.5 Å². The normalized spacial score (nSPS) is 9.82. The van der Waals surface area contributed by atoms with Crippen LogP contribution in [-0.4, -0.2) is 21.8 Å². The molecule has 0 aromatic carbocycles. The Bertz CT molecular complexity index is 261. The highest BCUT2D eigenvalue weighted by molar-refractivity contribution is 8.01. The lowest BCUT2D eigenvalue weighted by atomic mass is 10.8. The van der Waals surface area contributed by atoms with E-state index in [0.717, 1.165) is 0 Å². The van der Waals surface area contributed by atoms with Gasteiger partial charge in [-0.2, -0.15) is 0 Å². The first-order valence-electron chi connectivity index (χ1n) is 2.74. The molecule has 1 aromatic rings. The van der Waals surface area contributed by atoms with Crippen LogP contribution < -0.4 is 5.73 Å². The molecular formula is C5H6N2O2S2. The zero-order valence-corrected chi connectivity index (χ0v) is 7.11. The summed E-state index contributed by atoms with van der Waals surface area (Å²) < 4.78 is 0.699. The molecular weight excluding hydrogens is 184 g/mol. The Hall–Kier alpha value is -0.750. The van der Waals surface area contributed by atoms with Crippen molar-refractivity contribution in [3.63, 3.8) is 0 Å². The van der Waals surface area contributed by atoms with Crippen LogP contribution in [0.15, 0.2) is 9.72 Å². The number of hydrogen-bond acceptors (Lipinski definition) is 5. The Morgan fingerprint density at radius 3 is 3.09 bits per heavy atom. The predicted molar refractivity (Wildman–Crippen MR) is 44.9 cm³/mol. The molecule has 0 fully saturated rings. The number of nitrogens with two attached hydrogens (primary N) is 1. The van der Waals surface area contributed by atoms with E-state index in [1.54, 1.807) is 5.38 Å². The maximum Gasteiger partial charge on any atom is 0.313 e. The Balaban J connectivity index is 2.45. The molecule has 0 radical (unpaired) electrons. The quantitative estimate of drug-likeness (QED) is 0.692. The minimum Gasteiger partial charge on any atom is -0.481 e. The molecule has 0 atom stereocenters. The van der Waals surface area contributed by atoms with E-state index >= 15 is 0 Å². The van der Waals surface area contributed by atoms with Gasteiger partial charge >= 0.3 is 5.97 Å². The number of nitrogen functional groups attached to an aromatic ring is 1. The molecule has 0 aliphatic heterocycles. The van der Waals surface area contributed by atoms with Crippen LogP contribution in [0.2, 0.25) is 0 Å². The zero-order chi connectivity index (χ0) is 8.27. The van der Waals surface area contributed by atoms with E-state index in [2.05, 4.69) is 4.98 Å². The number of thiazole rings is 1. The van der Waals surface area contributed by atoms with Crippen LogP contribution in [0.3, 0.4) is 0 Å². The molecule has 1 rings (SSSR count). The van der Waals surface area contributed by atoms with Crippen LogP contribution in [0.1, 0.15) is 0 Å². The third-order valence-corrected chi connectivity index (χ3v) is 2.84. The van der Waals surface area contributed by atoms with Gasteiger partial charge in [0.1, 0.15) is 5.82 Å². The molecule has 0 unspecified atom stereocenters. The van der Waals surface area contributed by atoms with Crippen molar-refractivity contribution < 1.29 is 9.90 Å². The molecule has 60 valence electrons. The molecule has 0 aliphatic rings. The fraction of sp³-hybridized carbons (Fsp3) is 0.200. The zero-order valence-electron chi connectivity index (χ0n) is 5.48. The van der Waals surface area contributed by atoms with E-state index in [1.165, 1.54) is 23.1 Å². The predicted octanol–water partition coefficient (Wildman–Crippen LogP) is 0.902. The van der Waals surface area contributed by atoms with Gasteiger partial charge in [0.2, 0.25) is 0 Å². The van der Waals surface area contributed by atoms with Crippen molar-refractivity contribution in [3.05, 3.63) is 5.38 Å². The Morgan fingerprint density at radius 2 is 2.64 bits per heavy atom. The topological polar surface area (TPSA) is 76.2 Å². The van der Waals surface area contributed by atoms with Gasteiger partial charge in [0.25, 0.3) is 0 Å². The van der Waals surface area contributed by atoms with Gasteiger partial charge < -0.3 is 10.8 Å². The van der Waals surface area contributed by atoms with Crippen molar-refractivity contribution in [1.29, 1.82) is 0 Å². The number of thioether (sulfide) groups is 1. The van der Waals surface area contributed by atoms with E-state index in [0.29, 0.717) is 10.2 Å². The average Bonchev–Trinajstić information content (AvgIpc) is 2.31. The van der Waals surface area contributed by atoms with Crippen molar-refractivity contribution in [3.8, 4) is 0 Å². The number of hydrogen-bond donors (Lipinski definition) is 2. The summed E-state index contributed by atoms with van der Waals surface area (Å²) in [6.07, 6.45) is 0. The Labute approximate surface area is 71.4 Å². The smallest absolute Gasteiger partial charge is 0.313 e. The lowest BCUT2D eigenvalue weighted by Crippen LogP contribution is -1.97. The van der Waals surface area contributed by atoms with Gasteiger partial charge in [0, 0.05) is 5.38 Å². The molecule has 0 saturated carbocycles. The van der Waals surface area contributed by atoms with Crippen molar-refractivity contribution in [1.82, 2.24) is 4.98 Å². The van der Waals surface area contributed by atoms with E-state index in [1.807, 2.05) is 0 Å². The van der Waals surface area contributed by atoms with E-state index in [9.17, 15) is 4.79 Å². The standard InChI is InChI=1S/C5H6N2O2S2/c6-3-1-10-5(7-3)11-2-4(8)9/h1H,2,6H2,(H,8,9). The second kappa shape index (κ2) is 3.59. The van der Waals surface area contributed by atoms with E-state index in [4.69, 9.17) is 10.8 Å². The number of carboxylic acids is 1. The number of anilines is 1. The second-order valence-electron chi connectivity index (χ2n) is 1.72. The molecule has 4 nitrogen and oxygen atoms in total. The van der Waals surface area contributed by atoms with Gasteiger partial charge in [-0.05, 0) is 0 Å². The molecule has 0 amide bonds. The van der Waals surface area contributed by atoms with Crippen molar-refractivity contribution in [2.24, 2.45) is 0 Å². The van der Waals surface area contributed by atoms with E-state index in [-0.39, 0.29) is 5.75 Å². The second-order valence-corrected chi connectivity index (χ2v) is 3.80. The summed E-state index contributed by atoms with van der Waals surface area (Å²) in [5.74, 6) is -0.362. The lowest BCUT2D eigenvalue weighted by Gasteiger charge is -1.88. The molecule has 1 aromatic heterocycles. The number of rotatable bonds is 3. The lowest BCUT2D eigenvalue weighted by molar-refractivity contribution is -0.133. The fourth-order valence-electron chi connectivity index (χ4n) is 0.459. The van der Waals surface area contributed by atoms with Crippen molar-refractivity contribution >= 4 is 34.9 Å². The van der Waals surface area contributed by atoms with Crippen LogP contribution in [0.25, 0.3) is 0 Å². The summed E-state index contributed by atoms with van der Waals surface area (Å²) in [7, 11) is 0. The highest BCUT2D eigenvalue weighted by Gasteiger charge is 2.02. The third kappa shape index (κ3) is 2.77. The number of aromatic nitrogens is 1. The first-order chi connectivity index (χ1) is 5.18. The average molecular weight is 190 g/mol. The molecule has 0 bridgehead atoms. The maximum atomic E-state index is 10.1. The van der Waals surface area contributed by atoms with Crippen LogP contribution in [0, 0.1) is 0 Å². The SMILES string of the molecule is Nc1csc(SCC(=O)O)n1. The molecule has 0 saturated heterocycles. The molecule has 6 heteroatoms. The minimum absolute atomic E-state index is 0.0347. The molecule has 11 heavy (non-hydrogen) atoms. The van der Waals surface area contributed by atoms with Gasteiger partial charge in [-0.3, -0.25) is 4.79 Å². The Morgan fingerprint density at radius 1 is 1.91 bits per heavy atom. The highest BCUT2D eigenvalue weighted by Crippen LogP contribution is 2.22. The summed E-state index contributed by atoms with van der Waals surface area (Å²) in [6.45, 7) is 0. The van der Waals surface area contributed by atoms with Crippen LogP contribution in [-0.2, 0) is 4.79 Å². The summed E-state index contributed by atoms with van der Waals surface area (Å²) in [6, 6.07) is 0. The number of nitrogens with zero attached hydrogens (tertiary/aromatic N) is 1. The van der Waals surface area contributed by atoms with Gasteiger partial charge in [-0.15, -0.1) is 11.3 Å². The number of carboxylic acid groups (broad SMARTS) is 1. The van der Waals surface area contributed by atoms with Crippen LogP contribution in [0.4, 0.5) is 5.82 Å². The van der Waals surface area contributed by atoms with Gasteiger partial charge in [0.15, 0.2) is 4.34 Å². The van der Waals surface area contributed by atoms with Gasteiger partial charge in [0.05, 0.1) is 5.75 Å². The first kappa shape index (κ1) is 8.35. The molecule has 0 aliphatic carbocycles. The maximum absolute atomic E-state index is 10.1. The molecule has 0 spiro atoms. The first-order valence-corrected chi connectivity index (χ1v) is 4.60. The van der Waals surface area contributed by atoms with Gasteiger partial charge in [-0.25, -0.2) is 4.98 Å². The fourth-order valence-corrected chi connectivity index (χ4v) is 1.90. The largest absolute Gasteiger partial charge is 0.481 e. The van der Waals surface area contributed by atoms with Crippen LogP contribution >= 0.6 is 23.1 Å². The minimum atomic E-state index is -0.844. The summed E-state index contributed by atoms with van der Waals surface area (Å²) in [5, 5.41) is 9.99. The van der Waals surface area contributed by atoms with E-state index < -0.39 is 5.97 Å². The monoisotopic (exact) mass is 190 g/mol. The highest BCUT2D eigenvalue weighted by atomic mass is 32.2. The van der Waals surface area contributed by atoms with Crippen LogP contribution in [0.5, 0.6) is 0 Å².